The molecule has 170 valence electrons. The summed E-state index contributed by atoms with van der Waals surface area (Å²) in [5.74, 6) is 1.69. The molecule has 4 atom stereocenters. The van der Waals surface area contributed by atoms with Crippen LogP contribution in [-0.4, -0.2) is 25.7 Å². The van der Waals surface area contributed by atoms with Crippen molar-refractivity contribution >= 4 is 27.5 Å². The van der Waals surface area contributed by atoms with Gasteiger partial charge in [-0.1, -0.05) is 40.2 Å². The summed E-state index contributed by atoms with van der Waals surface area (Å²) in [6, 6.07) is 23.5. The average Bonchev–Trinajstić information content (AvgIpc) is 3.40. The summed E-state index contributed by atoms with van der Waals surface area (Å²) in [5.41, 5.74) is 9.73. The van der Waals surface area contributed by atoms with Gasteiger partial charge in [-0.3, -0.25) is 4.79 Å². The van der Waals surface area contributed by atoms with Gasteiger partial charge in [0.2, 0.25) is 5.91 Å². The van der Waals surface area contributed by atoms with Gasteiger partial charge >= 0.3 is 0 Å². The molecule has 6 nitrogen and oxygen atoms in total. The lowest BCUT2D eigenvalue weighted by Gasteiger charge is -2.31. The third-order valence-electron chi connectivity index (χ3n) is 6.42. The fourth-order valence-electron chi connectivity index (χ4n) is 4.92. The van der Waals surface area contributed by atoms with Crippen LogP contribution in [0.2, 0.25) is 0 Å². The lowest BCUT2D eigenvalue weighted by Crippen LogP contribution is -2.41. The van der Waals surface area contributed by atoms with E-state index in [4.69, 9.17) is 9.47 Å². The Balaban J connectivity index is 1.57. The van der Waals surface area contributed by atoms with Crippen LogP contribution in [0, 0.1) is 5.92 Å². The Bertz CT molecular complexity index is 1120. The van der Waals surface area contributed by atoms with E-state index in [1.165, 1.54) is 0 Å². The zero-order valence-corrected chi connectivity index (χ0v) is 20.1. The Kier molecular flexibility index (Phi) is 6.10. The number of benzene rings is 3. The minimum absolute atomic E-state index is 0.00696. The zero-order chi connectivity index (χ0) is 22.9. The summed E-state index contributed by atoms with van der Waals surface area (Å²) >= 11 is 3.50. The maximum Gasteiger partial charge on any atom is 0.246 e. The molecule has 7 heteroatoms. The summed E-state index contributed by atoms with van der Waals surface area (Å²) in [4.78, 5) is 15.6. The van der Waals surface area contributed by atoms with Gasteiger partial charge in [-0.2, -0.15) is 0 Å². The number of nitrogens with zero attached hydrogens (tertiary/aromatic N) is 1. The van der Waals surface area contributed by atoms with Crippen LogP contribution in [0.3, 0.4) is 0 Å². The first-order valence-corrected chi connectivity index (χ1v) is 11.9. The van der Waals surface area contributed by atoms with Crippen molar-refractivity contribution in [3.05, 3.63) is 88.4 Å². The first-order valence-electron chi connectivity index (χ1n) is 11.1. The van der Waals surface area contributed by atoms with Crippen molar-refractivity contribution in [2.24, 2.45) is 5.92 Å². The summed E-state index contributed by atoms with van der Waals surface area (Å²) < 4.78 is 12.0. The number of rotatable bonds is 6. The number of nitrogens with one attached hydrogen (secondary N) is 2. The highest BCUT2D eigenvalue weighted by Crippen LogP contribution is 2.49. The monoisotopic (exact) mass is 507 g/mol. The van der Waals surface area contributed by atoms with Gasteiger partial charge in [0, 0.05) is 16.1 Å². The Labute approximate surface area is 202 Å². The second kappa shape index (κ2) is 9.17. The number of halogens is 1. The van der Waals surface area contributed by atoms with Gasteiger partial charge in [0.05, 0.1) is 25.8 Å². The summed E-state index contributed by atoms with van der Waals surface area (Å²) in [7, 11) is 1.66. The van der Waals surface area contributed by atoms with Gasteiger partial charge in [-0.05, 0) is 66.6 Å². The number of fused-ring (bicyclic) bond motifs is 1. The molecule has 0 aliphatic carbocycles. The molecule has 2 aliphatic rings. The van der Waals surface area contributed by atoms with E-state index in [9.17, 15) is 4.79 Å². The van der Waals surface area contributed by atoms with E-state index in [-0.39, 0.29) is 30.0 Å². The maximum atomic E-state index is 13.7. The van der Waals surface area contributed by atoms with Crippen molar-refractivity contribution in [3.8, 4) is 11.5 Å². The smallest absolute Gasteiger partial charge is 0.246 e. The summed E-state index contributed by atoms with van der Waals surface area (Å²) in [6.07, 6.45) is 0. The van der Waals surface area contributed by atoms with E-state index in [0.29, 0.717) is 6.61 Å². The molecule has 0 saturated carbocycles. The third kappa shape index (κ3) is 4.01. The lowest BCUT2D eigenvalue weighted by molar-refractivity contribution is -0.119. The van der Waals surface area contributed by atoms with Crippen LogP contribution in [0.4, 0.5) is 5.69 Å². The quantitative estimate of drug-likeness (QED) is 0.502. The largest absolute Gasteiger partial charge is 0.497 e. The molecule has 2 fully saturated rings. The number of hydrazine groups is 1. The molecule has 3 aromatic carbocycles. The van der Waals surface area contributed by atoms with Crippen molar-refractivity contribution in [1.29, 1.82) is 0 Å². The van der Waals surface area contributed by atoms with Crippen LogP contribution in [0.25, 0.3) is 0 Å². The number of hydrogen-bond donors (Lipinski definition) is 2. The van der Waals surface area contributed by atoms with Crippen LogP contribution in [-0.2, 0) is 4.79 Å². The van der Waals surface area contributed by atoms with E-state index in [2.05, 4.69) is 51.0 Å². The lowest BCUT2D eigenvalue weighted by atomic mass is 9.83. The molecule has 0 spiro atoms. The Morgan fingerprint density at radius 2 is 1.45 bits per heavy atom. The zero-order valence-electron chi connectivity index (χ0n) is 18.5. The normalized spacial score (nSPS) is 24.1. The van der Waals surface area contributed by atoms with Crippen molar-refractivity contribution in [1.82, 2.24) is 10.9 Å². The highest BCUT2D eigenvalue weighted by Gasteiger charge is 2.55. The molecule has 5 rings (SSSR count). The fourth-order valence-corrected chi connectivity index (χ4v) is 5.18. The molecule has 2 aliphatic heterocycles. The molecule has 2 saturated heterocycles. The van der Waals surface area contributed by atoms with Crippen LogP contribution in [0.5, 0.6) is 11.5 Å². The van der Waals surface area contributed by atoms with Gasteiger partial charge in [0.15, 0.2) is 0 Å². The second-order valence-electron chi connectivity index (χ2n) is 8.23. The molecule has 2 heterocycles. The van der Waals surface area contributed by atoms with E-state index in [1.54, 1.807) is 7.11 Å². The number of hydrogen-bond acceptors (Lipinski definition) is 5. The Morgan fingerprint density at radius 1 is 0.848 bits per heavy atom. The van der Waals surface area contributed by atoms with Crippen molar-refractivity contribution < 1.29 is 14.3 Å². The first kappa shape index (κ1) is 21.9. The van der Waals surface area contributed by atoms with Crippen molar-refractivity contribution in [2.45, 2.75) is 25.0 Å². The van der Waals surface area contributed by atoms with Gasteiger partial charge in [-0.25, -0.2) is 10.9 Å². The molecule has 33 heavy (non-hydrogen) atoms. The number of ether oxygens (including phenoxy) is 2. The Hall–Kier alpha value is -2.87. The number of carbonyl (C=O) groups excluding carboxylic acids is 1. The fraction of sp³-hybridized carbons (Fsp3) is 0.269. The maximum absolute atomic E-state index is 13.7. The number of anilines is 1. The minimum Gasteiger partial charge on any atom is -0.497 e. The number of methoxy groups -OCH3 is 1. The number of carbonyl (C=O) groups is 1. The van der Waals surface area contributed by atoms with Crippen LogP contribution in [0.1, 0.15) is 30.1 Å². The van der Waals surface area contributed by atoms with Gasteiger partial charge < -0.3 is 14.4 Å². The van der Waals surface area contributed by atoms with Crippen LogP contribution < -0.4 is 25.2 Å². The summed E-state index contributed by atoms with van der Waals surface area (Å²) in [5, 5.41) is 0. The highest BCUT2D eigenvalue weighted by molar-refractivity contribution is 9.10. The van der Waals surface area contributed by atoms with Gasteiger partial charge in [0.1, 0.15) is 17.5 Å². The Morgan fingerprint density at radius 3 is 2.09 bits per heavy atom. The van der Waals surface area contributed by atoms with Crippen molar-refractivity contribution in [2.75, 3.05) is 18.6 Å². The molecule has 2 N–H and O–H groups in total. The van der Waals surface area contributed by atoms with Gasteiger partial charge in [-0.15, -0.1) is 0 Å². The molecule has 0 aromatic heterocycles. The van der Waals surface area contributed by atoms with Crippen LogP contribution in [0.15, 0.2) is 77.3 Å². The topological polar surface area (TPSA) is 62.8 Å². The van der Waals surface area contributed by atoms with Gasteiger partial charge in [0.25, 0.3) is 0 Å². The van der Waals surface area contributed by atoms with E-state index in [0.717, 1.165) is 32.8 Å². The highest BCUT2D eigenvalue weighted by atomic mass is 79.9. The molecular weight excluding hydrogens is 482 g/mol. The molecular formula is C26H26BrN3O3. The average molecular weight is 508 g/mol. The third-order valence-corrected chi connectivity index (χ3v) is 6.95. The van der Waals surface area contributed by atoms with E-state index >= 15 is 0 Å². The predicted octanol–water partition coefficient (Wildman–Crippen LogP) is 4.78. The molecule has 0 radical (unpaired) electrons. The SMILES string of the molecule is CCOc1ccc(C2C3C(NNC3c3ccc(OC)cc3)C(=O)N2c2ccc(Br)cc2)cc1. The first-order chi connectivity index (χ1) is 16.1. The molecule has 4 unspecified atom stereocenters. The van der Waals surface area contributed by atoms with E-state index in [1.807, 2.05) is 60.4 Å². The van der Waals surface area contributed by atoms with E-state index < -0.39 is 0 Å². The van der Waals surface area contributed by atoms with Crippen molar-refractivity contribution in [3.63, 3.8) is 0 Å². The molecule has 1 amide bonds. The predicted molar refractivity (Wildman–Crippen MR) is 131 cm³/mol. The minimum atomic E-state index is -0.336. The summed E-state index contributed by atoms with van der Waals surface area (Å²) in [6.45, 7) is 2.59. The standard InChI is InChI=1S/C26H26BrN3O3/c1-3-33-21-14-6-17(7-15-21)25-22-23(16-4-12-20(32-2)13-5-16)28-29-24(22)26(31)30(25)19-10-8-18(27)9-11-19/h4-15,22-25,28-29H,3H2,1-2H3. The number of amides is 1. The second-order valence-corrected chi connectivity index (χ2v) is 9.14. The van der Waals surface area contributed by atoms with Crippen LogP contribution >= 0.6 is 15.9 Å². The molecule has 3 aromatic rings. The molecule has 0 bridgehead atoms.